The van der Waals surface area contributed by atoms with Gasteiger partial charge in [-0.15, -0.1) is 0 Å². The van der Waals surface area contributed by atoms with Gasteiger partial charge in [-0.05, 0) is 43.2 Å². The zero-order chi connectivity index (χ0) is 19.1. The summed E-state index contributed by atoms with van der Waals surface area (Å²) in [7, 11) is 0. The molecule has 3 heterocycles. The fraction of sp³-hybridized carbons (Fsp3) is 0.381. The molecule has 0 radical (unpaired) electrons. The van der Waals surface area contributed by atoms with E-state index in [4.69, 9.17) is 21.3 Å². The molecule has 1 saturated carbocycles. The molecule has 1 aromatic carbocycles. The van der Waals surface area contributed by atoms with Crippen molar-refractivity contribution in [2.45, 2.75) is 44.2 Å². The predicted octanol–water partition coefficient (Wildman–Crippen LogP) is 4.73. The summed E-state index contributed by atoms with van der Waals surface area (Å²) in [4.78, 5) is 19.3. The Balaban J connectivity index is 1.38. The first-order valence-corrected chi connectivity index (χ1v) is 10.1. The summed E-state index contributed by atoms with van der Waals surface area (Å²) in [5, 5.41) is 4.91. The second-order valence-electron chi connectivity index (χ2n) is 7.50. The predicted molar refractivity (Wildman–Crippen MR) is 105 cm³/mol. The highest BCUT2D eigenvalue weighted by atomic mass is 35.5. The average molecular weight is 397 g/mol. The number of hydrogen-bond donors (Lipinski definition) is 0. The van der Waals surface area contributed by atoms with Crippen molar-refractivity contribution in [2.24, 2.45) is 0 Å². The Morgan fingerprint density at radius 1 is 1.21 bits per heavy atom. The highest BCUT2D eigenvalue weighted by molar-refractivity contribution is 6.29. The van der Waals surface area contributed by atoms with Gasteiger partial charge in [0.1, 0.15) is 11.8 Å². The Kier molecular flexibility index (Phi) is 4.43. The third-order valence-corrected chi connectivity index (χ3v) is 5.80. The van der Waals surface area contributed by atoms with Crippen molar-refractivity contribution in [2.75, 3.05) is 6.54 Å². The largest absolute Gasteiger partial charge is 0.445 e. The van der Waals surface area contributed by atoms with E-state index in [1.807, 2.05) is 42.6 Å². The maximum absolute atomic E-state index is 12.7. The molecule has 0 spiro atoms. The van der Waals surface area contributed by atoms with Crippen molar-refractivity contribution in [1.29, 1.82) is 0 Å². The molecule has 1 amide bonds. The molecule has 1 unspecified atom stereocenters. The number of fused-ring (bicyclic) bond motifs is 1. The van der Waals surface area contributed by atoms with E-state index in [1.165, 1.54) is 12.8 Å². The summed E-state index contributed by atoms with van der Waals surface area (Å²) in [6, 6.07) is 11.4. The van der Waals surface area contributed by atoms with Crippen LogP contribution in [-0.2, 0) is 11.3 Å². The van der Waals surface area contributed by atoms with Crippen LogP contribution in [0, 0.1) is 0 Å². The van der Waals surface area contributed by atoms with Gasteiger partial charge < -0.3 is 4.74 Å². The van der Waals surface area contributed by atoms with Crippen molar-refractivity contribution in [3.05, 3.63) is 64.6 Å². The Morgan fingerprint density at radius 3 is 2.82 bits per heavy atom. The molecule has 7 heteroatoms. The Bertz CT molecular complexity index is 1020. The number of amides is 1. The number of aromatic nitrogens is 3. The van der Waals surface area contributed by atoms with E-state index < -0.39 is 0 Å². The smallest absolute Gasteiger partial charge is 0.410 e. The standard InChI is InChI=1S/C21H21ClN4O2/c22-19-11-17(24-20-16(15-8-9-15)12-23-26(19)20)18-7-4-10-25(18)21(27)28-13-14-5-2-1-3-6-14/h1-3,5-6,11-12,15,18H,4,7-10,13H2. The molecule has 0 N–H and O–H groups in total. The molecule has 2 aromatic heterocycles. The zero-order valence-electron chi connectivity index (χ0n) is 15.4. The van der Waals surface area contributed by atoms with Gasteiger partial charge in [0.2, 0.25) is 0 Å². The number of rotatable bonds is 4. The molecule has 2 aliphatic rings. The zero-order valence-corrected chi connectivity index (χ0v) is 16.2. The quantitative estimate of drug-likeness (QED) is 0.598. The molecule has 28 heavy (non-hydrogen) atoms. The number of benzene rings is 1. The summed E-state index contributed by atoms with van der Waals surface area (Å²) in [6.45, 7) is 0.933. The Hall–Kier alpha value is -2.60. The van der Waals surface area contributed by atoms with Gasteiger partial charge in [0, 0.05) is 12.1 Å². The minimum absolute atomic E-state index is 0.118. The topological polar surface area (TPSA) is 59.7 Å². The van der Waals surface area contributed by atoms with Gasteiger partial charge in [0.25, 0.3) is 0 Å². The van der Waals surface area contributed by atoms with E-state index in [0.29, 0.717) is 17.6 Å². The third-order valence-electron chi connectivity index (χ3n) is 5.53. The minimum Gasteiger partial charge on any atom is -0.445 e. The van der Waals surface area contributed by atoms with Crippen molar-refractivity contribution < 1.29 is 9.53 Å². The van der Waals surface area contributed by atoms with E-state index in [1.54, 1.807) is 9.42 Å². The van der Waals surface area contributed by atoms with Crippen LogP contribution in [0.5, 0.6) is 0 Å². The number of carbonyl (C=O) groups excluding carboxylic acids is 1. The Labute approximate surface area is 168 Å². The molecule has 1 aliphatic heterocycles. The number of carbonyl (C=O) groups is 1. The maximum Gasteiger partial charge on any atom is 0.410 e. The van der Waals surface area contributed by atoms with Crippen LogP contribution in [0.4, 0.5) is 4.79 Å². The summed E-state index contributed by atoms with van der Waals surface area (Å²) < 4.78 is 7.23. The minimum atomic E-state index is -0.305. The van der Waals surface area contributed by atoms with Crippen LogP contribution in [-0.4, -0.2) is 32.1 Å². The van der Waals surface area contributed by atoms with E-state index in [2.05, 4.69) is 5.10 Å². The number of halogens is 1. The van der Waals surface area contributed by atoms with Crippen LogP contribution < -0.4 is 0 Å². The summed E-state index contributed by atoms with van der Waals surface area (Å²) in [5.74, 6) is 0.534. The highest BCUT2D eigenvalue weighted by Gasteiger charge is 2.34. The molecule has 3 aromatic rings. The summed E-state index contributed by atoms with van der Waals surface area (Å²) in [6.07, 6.45) is 5.69. The van der Waals surface area contributed by atoms with Gasteiger partial charge >= 0.3 is 6.09 Å². The molecule has 1 aliphatic carbocycles. The molecule has 1 saturated heterocycles. The first-order chi connectivity index (χ1) is 13.7. The molecule has 2 fully saturated rings. The first kappa shape index (κ1) is 17.5. The van der Waals surface area contributed by atoms with E-state index in [0.717, 1.165) is 35.3 Å². The lowest BCUT2D eigenvalue weighted by molar-refractivity contribution is 0.0915. The van der Waals surface area contributed by atoms with Crippen LogP contribution in [0.15, 0.2) is 42.6 Å². The van der Waals surface area contributed by atoms with Crippen LogP contribution in [0.1, 0.15) is 54.5 Å². The summed E-state index contributed by atoms with van der Waals surface area (Å²) >= 11 is 6.47. The lowest BCUT2D eigenvalue weighted by Crippen LogP contribution is -2.31. The van der Waals surface area contributed by atoms with E-state index in [9.17, 15) is 4.79 Å². The van der Waals surface area contributed by atoms with Gasteiger partial charge in [-0.1, -0.05) is 41.9 Å². The molecular weight excluding hydrogens is 376 g/mol. The van der Waals surface area contributed by atoms with Crippen molar-refractivity contribution in [1.82, 2.24) is 19.5 Å². The van der Waals surface area contributed by atoms with Crippen LogP contribution in [0.3, 0.4) is 0 Å². The lowest BCUT2D eigenvalue weighted by Gasteiger charge is -2.24. The lowest BCUT2D eigenvalue weighted by atomic mass is 10.1. The van der Waals surface area contributed by atoms with Crippen molar-refractivity contribution >= 4 is 23.3 Å². The SMILES string of the molecule is O=C(OCc1ccccc1)N1CCCC1c1cc(Cl)n2ncc(C3CC3)c2n1. The number of hydrogen-bond acceptors (Lipinski definition) is 4. The fourth-order valence-corrected chi connectivity index (χ4v) is 4.14. The molecule has 6 nitrogen and oxygen atoms in total. The summed E-state index contributed by atoms with van der Waals surface area (Å²) in [5.41, 5.74) is 3.76. The molecule has 5 rings (SSSR count). The molecule has 144 valence electrons. The van der Waals surface area contributed by atoms with Crippen LogP contribution in [0.25, 0.3) is 5.65 Å². The van der Waals surface area contributed by atoms with Crippen molar-refractivity contribution in [3.8, 4) is 0 Å². The van der Waals surface area contributed by atoms with Gasteiger partial charge in [-0.25, -0.2) is 14.3 Å². The number of likely N-dealkylation sites (tertiary alicyclic amines) is 1. The number of nitrogens with zero attached hydrogens (tertiary/aromatic N) is 4. The first-order valence-electron chi connectivity index (χ1n) is 9.72. The molecule has 0 bridgehead atoms. The normalized spacial score (nSPS) is 19.3. The fourth-order valence-electron chi connectivity index (χ4n) is 3.91. The van der Waals surface area contributed by atoms with Crippen molar-refractivity contribution in [3.63, 3.8) is 0 Å². The molecule has 1 atom stereocenters. The molecular formula is C21H21ClN4O2. The second kappa shape index (κ2) is 7.09. The van der Waals surface area contributed by atoms with Gasteiger partial charge in [-0.3, -0.25) is 4.90 Å². The maximum atomic E-state index is 12.7. The third kappa shape index (κ3) is 3.22. The van der Waals surface area contributed by atoms with Gasteiger partial charge in [0.15, 0.2) is 5.65 Å². The van der Waals surface area contributed by atoms with Crippen LogP contribution in [0.2, 0.25) is 5.15 Å². The Morgan fingerprint density at radius 2 is 2.04 bits per heavy atom. The second-order valence-corrected chi connectivity index (χ2v) is 7.89. The van der Waals surface area contributed by atoms with E-state index >= 15 is 0 Å². The number of ether oxygens (including phenoxy) is 1. The monoisotopic (exact) mass is 396 g/mol. The van der Waals surface area contributed by atoms with E-state index in [-0.39, 0.29) is 18.7 Å². The highest BCUT2D eigenvalue weighted by Crippen LogP contribution is 2.42. The van der Waals surface area contributed by atoms with Gasteiger partial charge in [0.05, 0.1) is 17.9 Å². The average Bonchev–Trinajstić information content (AvgIpc) is 3.27. The van der Waals surface area contributed by atoms with Gasteiger partial charge in [-0.2, -0.15) is 5.10 Å². The van der Waals surface area contributed by atoms with Crippen LogP contribution >= 0.6 is 11.6 Å².